The maximum absolute atomic E-state index is 13.2. The van der Waals surface area contributed by atoms with Crippen molar-refractivity contribution in [3.63, 3.8) is 0 Å². The highest BCUT2D eigenvalue weighted by Crippen LogP contribution is 2.35. The average molecular weight is 759 g/mol. The number of hydrogen-bond acceptors (Lipinski definition) is 12. The van der Waals surface area contributed by atoms with Gasteiger partial charge < -0.3 is 45.5 Å². The number of carbonyl (C=O) groups excluding carboxylic acids is 1. The number of hydrogen-bond donors (Lipinski definition) is 6. The number of anilines is 2. The summed E-state index contributed by atoms with van der Waals surface area (Å²) < 4.78 is 14.9. The number of aromatic nitrogens is 5. The number of fused-ring (bicyclic) bond motifs is 2. The number of carbonyl (C=O) groups is 5. The molecule has 1 saturated heterocycles. The van der Waals surface area contributed by atoms with Crippen LogP contribution in [0.4, 0.5) is 11.5 Å². The van der Waals surface area contributed by atoms with Crippen molar-refractivity contribution in [3.8, 4) is 17.0 Å². The highest BCUT2D eigenvalue weighted by atomic mass is 16.5. The lowest BCUT2D eigenvalue weighted by atomic mass is 10.1. The van der Waals surface area contributed by atoms with Gasteiger partial charge in [0, 0.05) is 67.5 Å². The molecule has 0 radical (unpaired) electrons. The number of nitrogen functional groups attached to an aromatic ring is 1. The van der Waals surface area contributed by atoms with Gasteiger partial charge in [-0.2, -0.15) is 5.10 Å². The molecule has 0 spiro atoms. The van der Waals surface area contributed by atoms with Crippen molar-refractivity contribution < 1.29 is 53.9 Å². The Labute approximate surface area is 312 Å². The van der Waals surface area contributed by atoms with Crippen molar-refractivity contribution in [2.45, 2.75) is 6.54 Å². The molecule has 1 aliphatic rings. The molecule has 1 fully saturated rings. The quantitative estimate of drug-likeness (QED) is 0.106. The molecule has 19 nitrogen and oxygen atoms in total. The third-order valence-electron chi connectivity index (χ3n) is 7.93. The van der Waals surface area contributed by atoms with Gasteiger partial charge in [0.25, 0.3) is 5.91 Å². The summed E-state index contributed by atoms with van der Waals surface area (Å²) in [5, 5.41) is 40.8. The summed E-state index contributed by atoms with van der Waals surface area (Å²) >= 11 is 0. The van der Waals surface area contributed by atoms with Gasteiger partial charge in [-0.25, -0.2) is 33.8 Å². The number of rotatable bonds is 11. The number of methoxy groups -OCH3 is 1. The number of amides is 1. The summed E-state index contributed by atoms with van der Waals surface area (Å²) in [7, 11) is 3.45. The number of ether oxygens (including phenoxy) is 2. The van der Waals surface area contributed by atoms with E-state index in [9.17, 15) is 24.0 Å². The van der Waals surface area contributed by atoms with Crippen LogP contribution in [-0.4, -0.2) is 119 Å². The zero-order chi connectivity index (χ0) is 40.1. The summed E-state index contributed by atoms with van der Waals surface area (Å²) in [6.45, 7) is 4.75. The number of aryl methyl sites for hydroxylation is 1. The summed E-state index contributed by atoms with van der Waals surface area (Å²) in [4.78, 5) is 62.5. The monoisotopic (exact) mass is 758 g/mol. The van der Waals surface area contributed by atoms with Crippen LogP contribution < -0.4 is 15.8 Å². The zero-order valence-electron chi connectivity index (χ0n) is 29.7. The Morgan fingerprint density at radius 3 is 2.07 bits per heavy atom. The fourth-order valence-electron chi connectivity index (χ4n) is 5.37. The molecule has 1 aliphatic heterocycles. The molecule has 19 heteroatoms. The number of nitrogens with zero attached hydrogens (tertiary/aromatic N) is 6. The second-order valence-electron chi connectivity index (χ2n) is 11.5. The Hall–Kier alpha value is -7.12. The van der Waals surface area contributed by atoms with Gasteiger partial charge in [-0.3, -0.25) is 9.69 Å². The summed E-state index contributed by atoms with van der Waals surface area (Å²) in [5.41, 5.74) is 10.5. The number of morpholine rings is 1. The first-order chi connectivity index (χ1) is 26.3. The third-order valence-corrected chi connectivity index (χ3v) is 7.93. The van der Waals surface area contributed by atoms with E-state index in [1.54, 1.807) is 7.11 Å². The number of nitrogens with two attached hydrogens (primary N) is 1. The van der Waals surface area contributed by atoms with Crippen LogP contribution in [0, 0.1) is 0 Å². The molecule has 0 bridgehead atoms. The second kappa shape index (κ2) is 19.1. The van der Waals surface area contributed by atoms with E-state index < -0.39 is 23.9 Å². The molecule has 5 aromatic rings. The average Bonchev–Trinajstić information content (AvgIpc) is 3.72. The molecule has 7 N–H and O–H groups in total. The Morgan fingerprint density at radius 1 is 0.873 bits per heavy atom. The van der Waals surface area contributed by atoms with Crippen molar-refractivity contribution in [1.82, 2.24) is 29.2 Å². The molecular weight excluding hydrogens is 720 g/mol. The summed E-state index contributed by atoms with van der Waals surface area (Å²) in [5.74, 6) is -4.39. The van der Waals surface area contributed by atoms with Crippen LogP contribution in [0.2, 0.25) is 0 Å². The van der Waals surface area contributed by atoms with E-state index in [2.05, 4.69) is 20.2 Å². The summed E-state index contributed by atoms with van der Waals surface area (Å²) in [6, 6.07) is 15.3. The molecule has 0 unspecified atom stereocenters. The van der Waals surface area contributed by atoms with Gasteiger partial charge in [0.15, 0.2) is 5.65 Å². The fraction of sp³-hybridized carbons (Fsp3) is 0.222. The number of para-hydroxylation sites is 1. The first-order valence-electron chi connectivity index (χ1n) is 16.4. The first kappa shape index (κ1) is 40.6. The van der Waals surface area contributed by atoms with Crippen molar-refractivity contribution in [2.75, 3.05) is 51.0 Å². The van der Waals surface area contributed by atoms with Crippen LogP contribution in [0.25, 0.3) is 33.2 Å². The lowest BCUT2D eigenvalue weighted by Gasteiger charge is -2.26. The molecule has 3 aromatic heterocycles. The van der Waals surface area contributed by atoms with Crippen LogP contribution in [-0.2, 0) is 37.5 Å². The van der Waals surface area contributed by atoms with Gasteiger partial charge in [0.1, 0.15) is 29.3 Å². The van der Waals surface area contributed by atoms with Crippen molar-refractivity contribution in [1.29, 1.82) is 0 Å². The van der Waals surface area contributed by atoms with E-state index in [1.807, 2.05) is 64.8 Å². The Balaban J connectivity index is 0.000000354. The molecule has 0 atom stereocenters. The molecule has 2 aromatic carbocycles. The number of carboxylic acid groups (broad SMARTS) is 4. The largest absolute Gasteiger partial charge is 0.495 e. The van der Waals surface area contributed by atoms with E-state index in [1.165, 1.54) is 6.33 Å². The number of nitrogens with one attached hydrogen (secondary N) is 1. The third kappa shape index (κ3) is 11.2. The van der Waals surface area contributed by atoms with Crippen LogP contribution in [0.3, 0.4) is 0 Å². The summed E-state index contributed by atoms with van der Waals surface area (Å²) in [6.07, 6.45) is 3.69. The standard InChI is InChI=1S/C28H30N8O3.2C4H4O4/c1-34-21-6-4-3-5-18(21)15-22(34)28(37)32-20-8-7-19(16-23(20)38-2)25-24-26(29)30-17-31-27(24)36(33-25)10-9-35-11-13-39-14-12-35;2*5-3(6)1-2-4(7)8/h3-8,15-17H,9-14H2,1-2H3,(H,32,37)(H2,29,30,31);2*1-2H,(H,5,6)(H,7,8)/b;2*2-1-. The van der Waals surface area contributed by atoms with Gasteiger partial charge in [0.2, 0.25) is 0 Å². The van der Waals surface area contributed by atoms with Crippen LogP contribution in [0.5, 0.6) is 5.75 Å². The van der Waals surface area contributed by atoms with E-state index in [4.69, 9.17) is 40.7 Å². The molecule has 0 saturated carbocycles. The lowest BCUT2D eigenvalue weighted by molar-refractivity contribution is -0.134. The van der Waals surface area contributed by atoms with Gasteiger partial charge in [0.05, 0.1) is 37.9 Å². The Morgan fingerprint density at radius 2 is 1.49 bits per heavy atom. The van der Waals surface area contributed by atoms with Gasteiger partial charge >= 0.3 is 23.9 Å². The Bertz CT molecular complexity index is 2190. The van der Waals surface area contributed by atoms with Gasteiger partial charge in [-0.15, -0.1) is 0 Å². The Kier molecular flexibility index (Phi) is 14.1. The minimum absolute atomic E-state index is 0.227. The van der Waals surface area contributed by atoms with Gasteiger partial charge in [-0.05, 0) is 24.3 Å². The predicted octanol–water partition coefficient (Wildman–Crippen LogP) is 2.58. The molecule has 0 aliphatic carbocycles. The second-order valence-corrected chi connectivity index (χ2v) is 11.5. The van der Waals surface area contributed by atoms with Crippen LogP contribution >= 0.6 is 0 Å². The molecular formula is C36H38N8O11. The highest BCUT2D eigenvalue weighted by molar-refractivity contribution is 6.07. The fourth-order valence-corrected chi connectivity index (χ4v) is 5.37. The smallest absolute Gasteiger partial charge is 0.328 e. The van der Waals surface area contributed by atoms with E-state index in [-0.39, 0.29) is 5.91 Å². The molecule has 6 rings (SSSR count). The van der Waals surface area contributed by atoms with E-state index >= 15 is 0 Å². The van der Waals surface area contributed by atoms with Gasteiger partial charge in [-0.1, -0.05) is 24.3 Å². The topological polar surface area (TPSA) is 275 Å². The maximum atomic E-state index is 13.2. The van der Waals surface area contributed by atoms with E-state index in [0.717, 1.165) is 49.3 Å². The van der Waals surface area contributed by atoms with Crippen LogP contribution in [0.1, 0.15) is 10.5 Å². The highest BCUT2D eigenvalue weighted by Gasteiger charge is 2.21. The minimum Gasteiger partial charge on any atom is -0.495 e. The number of benzene rings is 2. The van der Waals surface area contributed by atoms with Crippen LogP contribution in [0.15, 0.2) is 79.2 Å². The van der Waals surface area contributed by atoms with Crippen molar-refractivity contribution in [3.05, 3.63) is 84.9 Å². The first-order valence-corrected chi connectivity index (χ1v) is 16.4. The van der Waals surface area contributed by atoms with Crippen molar-refractivity contribution in [2.24, 2.45) is 7.05 Å². The number of carboxylic acids is 4. The zero-order valence-corrected chi connectivity index (χ0v) is 29.7. The molecule has 55 heavy (non-hydrogen) atoms. The van der Waals surface area contributed by atoms with E-state index in [0.29, 0.717) is 70.5 Å². The molecule has 1 amide bonds. The minimum atomic E-state index is -1.26. The lowest BCUT2D eigenvalue weighted by Crippen LogP contribution is -2.38. The maximum Gasteiger partial charge on any atom is 0.328 e. The normalized spacial score (nSPS) is 12.8. The van der Waals surface area contributed by atoms with Crippen molar-refractivity contribution >= 4 is 63.2 Å². The molecule has 4 heterocycles. The molecule has 288 valence electrons. The SMILES string of the molecule is COc1cc(-c2nn(CCN3CCOCC3)c3ncnc(N)c23)ccc1NC(=O)c1cc2ccccc2n1C.O=C(O)/C=C\C(=O)O.O=C(O)/C=C\C(=O)O. The predicted molar refractivity (Wildman–Crippen MR) is 199 cm³/mol. The number of aliphatic carboxylic acids is 4.